The van der Waals surface area contributed by atoms with Crippen LogP contribution in [0, 0.1) is 0 Å². The van der Waals surface area contributed by atoms with E-state index < -0.39 is 0 Å². The summed E-state index contributed by atoms with van der Waals surface area (Å²) in [5.41, 5.74) is 6.94. The van der Waals surface area contributed by atoms with Crippen molar-refractivity contribution in [1.29, 1.82) is 0 Å². The Labute approximate surface area is 95.0 Å². The normalized spacial score (nSPS) is 16.9. The van der Waals surface area contributed by atoms with Crippen molar-refractivity contribution >= 4 is 0 Å². The smallest absolute Gasteiger partial charge is 0.316 e. The third-order valence-corrected chi connectivity index (χ3v) is 2.96. The van der Waals surface area contributed by atoms with Gasteiger partial charge in [0.2, 0.25) is 0 Å². The van der Waals surface area contributed by atoms with Gasteiger partial charge in [0, 0.05) is 5.54 Å². The standard InChI is InChI=1S/C11H17N3O2/c1-15-9-7-13-10(16-2)14-8(9)3-4-11(12)5-6-11/h7H,3-6,12H2,1-2H3. The summed E-state index contributed by atoms with van der Waals surface area (Å²) >= 11 is 0. The summed E-state index contributed by atoms with van der Waals surface area (Å²) in [5.74, 6) is 0.699. The Morgan fingerprint density at radius 2 is 2.12 bits per heavy atom. The highest BCUT2D eigenvalue weighted by Gasteiger charge is 2.37. The lowest BCUT2D eigenvalue weighted by Gasteiger charge is -2.11. The molecule has 1 heterocycles. The summed E-state index contributed by atoms with van der Waals surface area (Å²) in [5, 5.41) is 0. The Hall–Kier alpha value is -1.36. The van der Waals surface area contributed by atoms with Gasteiger partial charge in [0.25, 0.3) is 0 Å². The molecule has 1 aliphatic rings. The average molecular weight is 223 g/mol. The molecule has 88 valence electrons. The summed E-state index contributed by atoms with van der Waals surface area (Å²) in [6.07, 6.45) is 5.59. The molecule has 0 saturated heterocycles. The van der Waals surface area contributed by atoms with Gasteiger partial charge in [0.1, 0.15) is 0 Å². The van der Waals surface area contributed by atoms with Crippen LogP contribution in [0.1, 0.15) is 25.0 Å². The van der Waals surface area contributed by atoms with Crippen molar-refractivity contribution in [2.24, 2.45) is 5.73 Å². The van der Waals surface area contributed by atoms with Crippen LogP contribution in [0.3, 0.4) is 0 Å². The fourth-order valence-corrected chi connectivity index (χ4v) is 1.61. The molecule has 1 aromatic heterocycles. The van der Waals surface area contributed by atoms with Crippen molar-refractivity contribution in [3.05, 3.63) is 11.9 Å². The highest BCUT2D eigenvalue weighted by Crippen LogP contribution is 2.37. The Morgan fingerprint density at radius 3 is 2.69 bits per heavy atom. The molecule has 0 atom stereocenters. The Balaban J connectivity index is 2.09. The number of aromatic nitrogens is 2. The Bertz CT molecular complexity index is 377. The van der Waals surface area contributed by atoms with E-state index in [9.17, 15) is 0 Å². The van der Waals surface area contributed by atoms with Gasteiger partial charge >= 0.3 is 6.01 Å². The first-order valence-corrected chi connectivity index (χ1v) is 5.40. The molecular formula is C11H17N3O2. The van der Waals surface area contributed by atoms with E-state index in [1.165, 1.54) is 0 Å². The van der Waals surface area contributed by atoms with Crippen LogP contribution in [0.25, 0.3) is 0 Å². The molecule has 0 spiro atoms. The SMILES string of the molecule is COc1ncc(OC)c(CCC2(N)CC2)n1. The topological polar surface area (TPSA) is 70.3 Å². The molecule has 0 bridgehead atoms. The molecule has 0 amide bonds. The van der Waals surface area contributed by atoms with Crippen LogP contribution in [0.4, 0.5) is 0 Å². The Morgan fingerprint density at radius 1 is 1.38 bits per heavy atom. The van der Waals surface area contributed by atoms with Gasteiger partial charge in [-0.2, -0.15) is 9.97 Å². The van der Waals surface area contributed by atoms with Gasteiger partial charge in [-0.3, -0.25) is 0 Å². The molecule has 0 unspecified atom stereocenters. The third-order valence-electron chi connectivity index (χ3n) is 2.96. The zero-order valence-corrected chi connectivity index (χ0v) is 9.69. The summed E-state index contributed by atoms with van der Waals surface area (Å²) in [4.78, 5) is 8.28. The van der Waals surface area contributed by atoms with Crippen LogP contribution in [0.2, 0.25) is 0 Å². The molecule has 16 heavy (non-hydrogen) atoms. The maximum Gasteiger partial charge on any atom is 0.316 e. The van der Waals surface area contributed by atoms with E-state index >= 15 is 0 Å². The highest BCUT2D eigenvalue weighted by atomic mass is 16.5. The van der Waals surface area contributed by atoms with Crippen LogP contribution >= 0.6 is 0 Å². The number of hydrogen-bond acceptors (Lipinski definition) is 5. The average Bonchev–Trinajstić information content (AvgIpc) is 3.05. The molecule has 1 aromatic rings. The number of ether oxygens (including phenoxy) is 2. The molecule has 0 radical (unpaired) electrons. The quantitative estimate of drug-likeness (QED) is 0.803. The number of nitrogens with zero attached hydrogens (tertiary/aromatic N) is 2. The van der Waals surface area contributed by atoms with Crippen molar-refractivity contribution in [3.8, 4) is 11.8 Å². The predicted octanol–water partition coefficient (Wildman–Crippen LogP) is 0.918. The second-order valence-corrected chi connectivity index (χ2v) is 4.23. The molecule has 0 aromatic carbocycles. The van der Waals surface area contributed by atoms with Crippen LogP contribution in [-0.4, -0.2) is 29.7 Å². The molecule has 1 aliphatic carbocycles. The van der Waals surface area contributed by atoms with E-state index in [4.69, 9.17) is 15.2 Å². The van der Waals surface area contributed by atoms with Crippen LogP contribution in [-0.2, 0) is 6.42 Å². The van der Waals surface area contributed by atoms with E-state index in [0.29, 0.717) is 11.8 Å². The summed E-state index contributed by atoms with van der Waals surface area (Å²) in [6.45, 7) is 0. The number of rotatable bonds is 5. The van der Waals surface area contributed by atoms with Gasteiger partial charge in [0.05, 0.1) is 26.1 Å². The molecule has 2 rings (SSSR count). The first-order valence-electron chi connectivity index (χ1n) is 5.40. The number of hydrogen-bond donors (Lipinski definition) is 1. The summed E-state index contributed by atoms with van der Waals surface area (Å²) in [6, 6.07) is 0.373. The molecule has 5 nitrogen and oxygen atoms in total. The van der Waals surface area contributed by atoms with Crippen molar-refractivity contribution in [1.82, 2.24) is 9.97 Å². The van der Waals surface area contributed by atoms with Gasteiger partial charge in [-0.1, -0.05) is 0 Å². The summed E-state index contributed by atoms with van der Waals surface area (Å²) in [7, 11) is 3.17. The van der Waals surface area contributed by atoms with Crippen molar-refractivity contribution < 1.29 is 9.47 Å². The maximum atomic E-state index is 6.04. The van der Waals surface area contributed by atoms with Crippen LogP contribution in [0.5, 0.6) is 11.8 Å². The van der Waals surface area contributed by atoms with E-state index in [0.717, 1.165) is 31.4 Å². The fraction of sp³-hybridized carbons (Fsp3) is 0.636. The van der Waals surface area contributed by atoms with Crippen LogP contribution < -0.4 is 15.2 Å². The van der Waals surface area contributed by atoms with Gasteiger partial charge in [0.15, 0.2) is 5.75 Å². The van der Waals surface area contributed by atoms with Crippen molar-refractivity contribution in [3.63, 3.8) is 0 Å². The lowest BCUT2D eigenvalue weighted by atomic mass is 10.1. The van der Waals surface area contributed by atoms with Crippen LogP contribution in [0.15, 0.2) is 6.20 Å². The molecule has 1 fully saturated rings. The van der Waals surface area contributed by atoms with E-state index in [-0.39, 0.29) is 5.54 Å². The minimum Gasteiger partial charge on any atom is -0.493 e. The second kappa shape index (κ2) is 4.25. The number of methoxy groups -OCH3 is 2. The van der Waals surface area contributed by atoms with Crippen molar-refractivity contribution in [2.45, 2.75) is 31.2 Å². The largest absolute Gasteiger partial charge is 0.493 e. The maximum absolute atomic E-state index is 6.04. The predicted molar refractivity (Wildman–Crippen MR) is 59.6 cm³/mol. The second-order valence-electron chi connectivity index (χ2n) is 4.23. The lowest BCUT2D eigenvalue weighted by Crippen LogP contribution is -2.22. The van der Waals surface area contributed by atoms with Gasteiger partial charge in [-0.05, 0) is 25.7 Å². The highest BCUT2D eigenvalue weighted by molar-refractivity contribution is 5.26. The molecule has 1 saturated carbocycles. The number of nitrogens with two attached hydrogens (primary N) is 1. The van der Waals surface area contributed by atoms with E-state index in [2.05, 4.69) is 9.97 Å². The van der Waals surface area contributed by atoms with E-state index in [1.54, 1.807) is 20.4 Å². The minimum atomic E-state index is 0.0309. The Kier molecular flexibility index (Phi) is 2.96. The molecule has 0 aliphatic heterocycles. The number of aryl methyl sites for hydroxylation is 1. The lowest BCUT2D eigenvalue weighted by molar-refractivity contribution is 0.363. The van der Waals surface area contributed by atoms with Crippen molar-refractivity contribution in [2.75, 3.05) is 14.2 Å². The molecular weight excluding hydrogens is 206 g/mol. The zero-order valence-electron chi connectivity index (χ0n) is 9.69. The van der Waals surface area contributed by atoms with Gasteiger partial charge in [-0.25, -0.2) is 0 Å². The first-order chi connectivity index (χ1) is 7.67. The van der Waals surface area contributed by atoms with Gasteiger partial charge in [-0.15, -0.1) is 0 Å². The monoisotopic (exact) mass is 223 g/mol. The molecule has 5 heteroatoms. The summed E-state index contributed by atoms with van der Waals surface area (Å²) < 4.78 is 10.2. The zero-order chi connectivity index (χ0) is 11.6. The van der Waals surface area contributed by atoms with Gasteiger partial charge < -0.3 is 15.2 Å². The first kappa shape index (κ1) is 11.1. The molecule has 2 N–H and O–H groups in total. The minimum absolute atomic E-state index is 0.0309. The third kappa shape index (κ3) is 2.41. The van der Waals surface area contributed by atoms with E-state index in [1.807, 2.05) is 0 Å². The fourth-order valence-electron chi connectivity index (χ4n) is 1.61.